The highest BCUT2D eigenvalue weighted by Gasteiger charge is 2.26. The molecule has 0 amide bonds. The molecule has 3 nitrogen and oxygen atoms in total. The summed E-state index contributed by atoms with van der Waals surface area (Å²) in [4.78, 5) is 0.235. The van der Waals surface area contributed by atoms with Crippen molar-refractivity contribution in [2.24, 2.45) is 0 Å². The van der Waals surface area contributed by atoms with Crippen molar-refractivity contribution in [3.05, 3.63) is 93.5 Å². The molecule has 0 unspecified atom stereocenters. The van der Waals surface area contributed by atoms with Gasteiger partial charge in [0.1, 0.15) is 0 Å². The van der Waals surface area contributed by atoms with Crippen LogP contribution < -0.4 is 4.31 Å². The third kappa shape index (κ3) is 4.46. The number of sulfonamides is 1. The fourth-order valence-electron chi connectivity index (χ4n) is 2.67. The molecule has 140 valence electrons. The fourth-order valence-corrected chi connectivity index (χ4v) is 4.58. The third-order valence-corrected chi connectivity index (χ3v) is 6.64. The molecule has 0 aliphatic carbocycles. The van der Waals surface area contributed by atoms with Gasteiger partial charge < -0.3 is 0 Å². The van der Waals surface area contributed by atoms with Gasteiger partial charge in [0, 0.05) is 10.0 Å². The summed E-state index contributed by atoms with van der Waals surface area (Å²) in [6.07, 6.45) is 0. The van der Waals surface area contributed by atoms with Gasteiger partial charge in [-0.05, 0) is 55.8 Å². The quantitative estimate of drug-likeness (QED) is 0.507. The van der Waals surface area contributed by atoms with Crippen LogP contribution in [-0.4, -0.2) is 8.42 Å². The molecule has 0 spiro atoms. The van der Waals surface area contributed by atoms with Crippen molar-refractivity contribution < 1.29 is 8.42 Å². The largest absolute Gasteiger partial charge is 0.264 e. The molecule has 6 heteroatoms. The summed E-state index contributed by atoms with van der Waals surface area (Å²) < 4.78 is 28.1. The first-order chi connectivity index (χ1) is 12.8. The molecule has 0 saturated carbocycles. The Morgan fingerprint density at radius 2 is 1.37 bits per heavy atom. The van der Waals surface area contributed by atoms with E-state index < -0.39 is 10.0 Å². The SMILES string of the molecule is Cc1ccc(N(Cc2ccc(Cl)cc2Cl)S(=O)(=O)c2ccc(C)cc2)cc1. The van der Waals surface area contributed by atoms with Crippen LogP contribution in [0.15, 0.2) is 71.6 Å². The topological polar surface area (TPSA) is 37.4 Å². The Balaban J connectivity index is 2.09. The third-order valence-electron chi connectivity index (χ3n) is 4.26. The molecule has 3 rings (SSSR count). The van der Waals surface area contributed by atoms with Crippen LogP contribution >= 0.6 is 23.2 Å². The first kappa shape index (κ1) is 19.7. The lowest BCUT2D eigenvalue weighted by Gasteiger charge is -2.25. The molecule has 3 aromatic carbocycles. The van der Waals surface area contributed by atoms with Crippen molar-refractivity contribution >= 4 is 38.9 Å². The van der Waals surface area contributed by atoms with Crippen LogP contribution in [-0.2, 0) is 16.6 Å². The van der Waals surface area contributed by atoms with Crippen molar-refractivity contribution in [3.8, 4) is 0 Å². The lowest BCUT2D eigenvalue weighted by Crippen LogP contribution is -2.30. The summed E-state index contributed by atoms with van der Waals surface area (Å²) in [7, 11) is -3.77. The van der Waals surface area contributed by atoms with Gasteiger partial charge >= 0.3 is 0 Å². The number of nitrogens with zero attached hydrogens (tertiary/aromatic N) is 1. The minimum atomic E-state index is -3.77. The first-order valence-corrected chi connectivity index (χ1v) is 10.6. The number of benzene rings is 3. The van der Waals surface area contributed by atoms with E-state index in [1.165, 1.54) is 4.31 Å². The maximum atomic E-state index is 13.4. The predicted molar refractivity (Wildman–Crippen MR) is 112 cm³/mol. The highest BCUT2D eigenvalue weighted by molar-refractivity contribution is 7.92. The number of aryl methyl sites for hydroxylation is 2. The van der Waals surface area contributed by atoms with E-state index in [1.807, 2.05) is 26.0 Å². The van der Waals surface area contributed by atoms with Gasteiger partial charge in [-0.2, -0.15) is 0 Å². The summed E-state index contributed by atoms with van der Waals surface area (Å²) in [6, 6.07) is 19.2. The second-order valence-corrected chi connectivity index (χ2v) is 9.10. The van der Waals surface area contributed by atoms with Crippen LogP contribution in [0.4, 0.5) is 5.69 Å². The Hall–Kier alpha value is -2.01. The zero-order valence-electron chi connectivity index (χ0n) is 15.0. The number of hydrogen-bond acceptors (Lipinski definition) is 2. The fraction of sp³-hybridized carbons (Fsp3) is 0.143. The van der Waals surface area contributed by atoms with E-state index in [1.54, 1.807) is 54.6 Å². The molecule has 0 heterocycles. The summed E-state index contributed by atoms with van der Waals surface area (Å²) in [5.74, 6) is 0. The van der Waals surface area contributed by atoms with Gasteiger partial charge in [0.15, 0.2) is 0 Å². The lowest BCUT2D eigenvalue weighted by atomic mass is 10.2. The molecule has 0 aromatic heterocycles. The van der Waals surface area contributed by atoms with E-state index in [-0.39, 0.29) is 11.4 Å². The lowest BCUT2D eigenvalue weighted by molar-refractivity contribution is 0.590. The predicted octanol–water partition coefficient (Wildman–Crippen LogP) is 6.01. The molecule has 0 fully saturated rings. The van der Waals surface area contributed by atoms with Gasteiger partial charge in [-0.1, -0.05) is 64.7 Å². The molecule has 0 atom stereocenters. The minimum absolute atomic E-state index is 0.106. The van der Waals surface area contributed by atoms with E-state index in [0.29, 0.717) is 21.3 Å². The smallest absolute Gasteiger partial charge is 0.262 e. The van der Waals surface area contributed by atoms with Gasteiger partial charge in [0.2, 0.25) is 0 Å². The molecule has 0 aliphatic rings. The van der Waals surface area contributed by atoms with Crippen LogP contribution in [0, 0.1) is 13.8 Å². The second kappa shape index (κ2) is 7.93. The highest BCUT2D eigenvalue weighted by atomic mass is 35.5. The Morgan fingerprint density at radius 1 is 0.815 bits per heavy atom. The van der Waals surface area contributed by atoms with Crippen molar-refractivity contribution in [1.29, 1.82) is 0 Å². The monoisotopic (exact) mass is 419 g/mol. The van der Waals surface area contributed by atoms with Crippen LogP contribution in [0.2, 0.25) is 10.0 Å². The molecule has 3 aromatic rings. The van der Waals surface area contributed by atoms with Crippen molar-refractivity contribution in [2.75, 3.05) is 4.31 Å². The average molecular weight is 420 g/mol. The van der Waals surface area contributed by atoms with Crippen LogP contribution in [0.5, 0.6) is 0 Å². The van der Waals surface area contributed by atoms with Crippen LogP contribution in [0.25, 0.3) is 0 Å². The minimum Gasteiger partial charge on any atom is -0.262 e. The Kier molecular flexibility index (Phi) is 5.80. The molecule has 0 bridgehead atoms. The van der Waals surface area contributed by atoms with E-state index in [4.69, 9.17) is 23.2 Å². The van der Waals surface area contributed by atoms with Gasteiger partial charge in [0.05, 0.1) is 17.1 Å². The molecule has 0 saturated heterocycles. The summed E-state index contributed by atoms with van der Waals surface area (Å²) in [6.45, 7) is 3.98. The van der Waals surface area contributed by atoms with E-state index in [9.17, 15) is 8.42 Å². The first-order valence-electron chi connectivity index (χ1n) is 8.37. The summed E-state index contributed by atoms with van der Waals surface area (Å²) >= 11 is 12.3. The zero-order valence-corrected chi connectivity index (χ0v) is 17.3. The standard InChI is InChI=1S/C21H19Cl2NO2S/c1-15-3-9-19(10-4-15)24(14-17-7-8-18(22)13-21(17)23)27(25,26)20-11-5-16(2)6-12-20/h3-13H,14H2,1-2H3. The van der Waals surface area contributed by atoms with Gasteiger partial charge in [-0.15, -0.1) is 0 Å². The van der Waals surface area contributed by atoms with E-state index in [0.717, 1.165) is 11.1 Å². The Labute approximate surface area is 170 Å². The van der Waals surface area contributed by atoms with Crippen molar-refractivity contribution in [2.45, 2.75) is 25.3 Å². The zero-order chi connectivity index (χ0) is 19.6. The maximum Gasteiger partial charge on any atom is 0.264 e. The van der Waals surface area contributed by atoms with Crippen LogP contribution in [0.1, 0.15) is 16.7 Å². The second-order valence-electron chi connectivity index (χ2n) is 6.40. The van der Waals surface area contributed by atoms with Gasteiger partial charge in [-0.25, -0.2) is 8.42 Å². The molecule has 0 N–H and O–H groups in total. The van der Waals surface area contributed by atoms with Gasteiger partial charge in [0.25, 0.3) is 10.0 Å². The van der Waals surface area contributed by atoms with Crippen molar-refractivity contribution in [3.63, 3.8) is 0 Å². The summed E-state index contributed by atoms with van der Waals surface area (Å²) in [5, 5.41) is 0.936. The molecular formula is C21H19Cl2NO2S. The molecule has 0 aliphatic heterocycles. The average Bonchev–Trinajstić information content (AvgIpc) is 2.62. The van der Waals surface area contributed by atoms with Crippen LogP contribution in [0.3, 0.4) is 0 Å². The number of hydrogen-bond donors (Lipinski definition) is 0. The summed E-state index contributed by atoms with van der Waals surface area (Å²) in [5.41, 5.74) is 3.30. The Morgan fingerprint density at radius 3 is 1.93 bits per heavy atom. The van der Waals surface area contributed by atoms with E-state index in [2.05, 4.69) is 0 Å². The maximum absolute atomic E-state index is 13.4. The normalized spacial score (nSPS) is 11.4. The Bertz CT molecular complexity index is 1050. The van der Waals surface area contributed by atoms with E-state index >= 15 is 0 Å². The molecule has 27 heavy (non-hydrogen) atoms. The number of anilines is 1. The number of halogens is 2. The van der Waals surface area contributed by atoms with Crippen molar-refractivity contribution in [1.82, 2.24) is 0 Å². The van der Waals surface area contributed by atoms with Gasteiger partial charge in [-0.3, -0.25) is 4.31 Å². The highest BCUT2D eigenvalue weighted by Crippen LogP contribution is 2.29. The number of rotatable bonds is 5. The molecule has 0 radical (unpaired) electrons. The molecular weight excluding hydrogens is 401 g/mol.